The van der Waals surface area contributed by atoms with Gasteiger partial charge in [0.15, 0.2) is 10.9 Å². The summed E-state index contributed by atoms with van der Waals surface area (Å²) in [4.78, 5) is 10.6. The van der Waals surface area contributed by atoms with E-state index in [4.69, 9.17) is 5.73 Å². The van der Waals surface area contributed by atoms with Gasteiger partial charge in [-0.05, 0) is 12.1 Å². The molecule has 0 fully saturated rings. The lowest BCUT2D eigenvalue weighted by molar-refractivity contribution is -0.109. The zero-order chi connectivity index (χ0) is 12.0. The van der Waals surface area contributed by atoms with Crippen molar-refractivity contribution < 1.29 is 9.18 Å². The van der Waals surface area contributed by atoms with Gasteiger partial charge < -0.3 is 5.73 Å². The first-order chi connectivity index (χ1) is 7.61. The SMILES string of the molecule is CC(=O)SCCC#Cc1cccc(N)c1F. The molecule has 0 saturated carbocycles. The Labute approximate surface area is 98.4 Å². The molecule has 0 aliphatic rings. The fourth-order valence-corrected chi connectivity index (χ4v) is 1.54. The average molecular weight is 237 g/mol. The summed E-state index contributed by atoms with van der Waals surface area (Å²) >= 11 is 1.21. The van der Waals surface area contributed by atoms with Crippen LogP contribution in [0.2, 0.25) is 0 Å². The highest BCUT2D eigenvalue weighted by Crippen LogP contribution is 2.13. The summed E-state index contributed by atoms with van der Waals surface area (Å²) in [6, 6.07) is 4.73. The Bertz CT molecular complexity index is 448. The Morgan fingerprint density at radius 1 is 1.56 bits per heavy atom. The fraction of sp³-hybridized carbons (Fsp3) is 0.250. The number of anilines is 1. The van der Waals surface area contributed by atoms with Gasteiger partial charge in [0, 0.05) is 19.1 Å². The molecule has 16 heavy (non-hydrogen) atoms. The number of rotatable bonds is 2. The van der Waals surface area contributed by atoms with Gasteiger partial charge in [-0.1, -0.05) is 29.7 Å². The van der Waals surface area contributed by atoms with Gasteiger partial charge in [0.1, 0.15) is 0 Å². The zero-order valence-electron chi connectivity index (χ0n) is 8.92. The molecule has 0 aromatic heterocycles. The Balaban J connectivity index is 2.56. The van der Waals surface area contributed by atoms with E-state index in [0.29, 0.717) is 17.7 Å². The minimum absolute atomic E-state index is 0.0666. The number of carbonyl (C=O) groups excluding carboxylic acids is 1. The van der Waals surface area contributed by atoms with Crippen LogP contribution in [0.15, 0.2) is 18.2 Å². The summed E-state index contributed by atoms with van der Waals surface area (Å²) in [5, 5.41) is 0.0666. The largest absolute Gasteiger partial charge is 0.396 e. The van der Waals surface area contributed by atoms with E-state index < -0.39 is 5.82 Å². The van der Waals surface area contributed by atoms with Crippen LogP contribution in [0, 0.1) is 17.7 Å². The molecule has 1 aromatic rings. The van der Waals surface area contributed by atoms with Crippen LogP contribution in [0.1, 0.15) is 18.9 Å². The number of carbonyl (C=O) groups is 1. The van der Waals surface area contributed by atoms with Crippen molar-refractivity contribution in [2.24, 2.45) is 0 Å². The molecule has 1 rings (SSSR count). The third-order valence-corrected chi connectivity index (χ3v) is 2.60. The van der Waals surface area contributed by atoms with Crippen LogP contribution in [0.4, 0.5) is 10.1 Å². The van der Waals surface area contributed by atoms with E-state index in [-0.39, 0.29) is 10.8 Å². The maximum atomic E-state index is 13.4. The van der Waals surface area contributed by atoms with Crippen LogP contribution in [0.5, 0.6) is 0 Å². The van der Waals surface area contributed by atoms with E-state index in [9.17, 15) is 9.18 Å². The minimum Gasteiger partial charge on any atom is -0.396 e. The highest BCUT2D eigenvalue weighted by Gasteiger charge is 2.01. The van der Waals surface area contributed by atoms with Gasteiger partial charge in [-0.2, -0.15) is 0 Å². The second kappa shape index (κ2) is 6.19. The van der Waals surface area contributed by atoms with Crippen molar-refractivity contribution in [1.29, 1.82) is 0 Å². The standard InChI is InChI=1S/C12H12FNOS/c1-9(15)16-8-3-2-5-10-6-4-7-11(14)12(10)13/h4,6-7H,3,8,14H2,1H3. The fourth-order valence-electron chi connectivity index (χ4n) is 1.05. The summed E-state index contributed by atoms with van der Waals surface area (Å²) < 4.78 is 13.4. The predicted molar refractivity (Wildman–Crippen MR) is 65.4 cm³/mol. The van der Waals surface area contributed by atoms with Crippen molar-refractivity contribution in [1.82, 2.24) is 0 Å². The number of thioether (sulfide) groups is 1. The van der Waals surface area contributed by atoms with Gasteiger partial charge in [0.2, 0.25) is 0 Å². The first-order valence-electron chi connectivity index (χ1n) is 4.77. The van der Waals surface area contributed by atoms with E-state index in [2.05, 4.69) is 11.8 Å². The molecule has 0 bridgehead atoms. The van der Waals surface area contributed by atoms with Crippen LogP contribution < -0.4 is 5.73 Å². The highest BCUT2D eigenvalue weighted by atomic mass is 32.2. The maximum absolute atomic E-state index is 13.4. The van der Waals surface area contributed by atoms with Crippen LogP contribution in [-0.2, 0) is 4.79 Å². The number of hydrogen-bond acceptors (Lipinski definition) is 3. The molecule has 0 saturated heterocycles. The first kappa shape index (κ1) is 12.6. The smallest absolute Gasteiger partial charge is 0.185 e. The van der Waals surface area contributed by atoms with Crippen molar-refractivity contribution in [3.05, 3.63) is 29.6 Å². The lowest BCUT2D eigenvalue weighted by Crippen LogP contribution is -1.92. The number of nitrogen functional groups attached to an aromatic ring is 1. The Morgan fingerprint density at radius 3 is 3.00 bits per heavy atom. The second-order valence-electron chi connectivity index (χ2n) is 3.10. The van der Waals surface area contributed by atoms with Crippen molar-refractivity contribution in [2.75, 3.05) is 11.5 Å². The number of halogens is 1. The number of benzene rings is 1. The minimum atomic E-state index is -0.478. The summed E-state index contributed by atoms with van der Waals surface area (Å²) in [5.74, 6) is 5.66. The van der Waals surface area contributed by atoms with E-state index in [1.165, 1.54) is 24.8 Å². The van der Waals surface area contributed by atoms with E-state index in [0.717, 1.165) is 0 Å². The molecule has 4 heteroatoms. The molecule has 0 aliphatic heterocycles. The van der Waals surface area contributed by atoms with Crippen LogP contribution >= 0.6 is 11.8 Å². The molecule has 0 atom stereocenters. The van der Waals surface area contributed by atoms with Crippen LogP contribution in [-0.4, -0.2) is 10.9 Å². The molecular formula is C12H12FNOS. The van der Waals surface area contributed by atoms with Crippen LogP contribution in [0.25, 0.3) is 0 Å². The van der Waals surface area contributed by atoms with Crippen molar-refractivity contribution in [3.8, 4) is 11.8 Å². The molecule has 2 N–H and O–H groups in total. The Hall–Kier alpha value is -1.47. The van der Waals surface area contributed by atoms with Gasteiger partial charge in [0.05, 0.1) is 11.3 Å². The molecule has 0 unspecified atom stereocenters. The van der Waals surface area contributed by atoms with E-state index in [1.54, 1.807) is 12.1 Å². The molecule has 0 radical (unpaired) electrons. The van der Waals surface area contributed by atoms with Crippen molar-refractivity contribution >= 4 is 22.6 Å². The molecule has 0 aliphatic carbocycles. The third-order valence-electron chi connectivity index (χ3n) is 1.78. The Kier molecular flexibility index (Phi) is 4.87. The normalized spacial score (nSPS) is 9.38. The molecule has 0 amide bonds. The number of nitrogens with two attached hydrogens (primary N) is 1. The van der Waals surface area contributed by atoms with Gasteiger partial charge >= 0.3 is 0 Å². The zero-order valence-corrected chi connectivity index (χ0v) is 9.73. The Morgan fingerprint density at radius 2 is 2.31 bits per heavy atom. The highest BCUT2D eigenvalue weighted by molar-refractivity contribution is 8.13. The van der Waals surface area contributed by atoms with E-state index >= 15 is 0 Å². The second-order valence-corrected chi connectivity index (χ2v) is 4.37. The summed E-state index contributed by atoms with van der Waals surface area (Å²) in [6.07, 6.45) is 0.554. The lowest BCUT2D eigenvalue weighted by atomic mass is 10.2. The quantitative estimate of drug-likeness (QED) is 0.488. The van der Waals surface area contributed by atoms with Crippen molar-refractivity contribution in [3.63, 3.8) is 0 Å². The topological polar surface area (TPSA) is 43.1 Å². The van der Waals surface area contributed by atoms with Crippen LogP contribution in [0.3, 0.4) is 0 Å². The van der Waals surface area contributed by atoms with E-state index in [1.807, 2.05) is 0 Å². The first-order valence-corrected chi connectivity index (χ1v) is 5.76. The number of hydrogen-bond donors (Lipinski definition) is 1. The van der Waals surface area contributed by atoms with Crippen molar-refractivity contribution in [2.45, 2.75) is 13.3 Å². The molecular weight excluding hydrogens is 225 g/mol. The maximum Gasteiger partial charge on any atom is 0.185 e. The summed E-state index contributed by atoms with van der Waals surface area (Å²) in [5.41, 5.74) is 5.80. The molecule has 84 valence electrons. The molecule has 2 nitrogen and oxygen atoms in total. The average Bonchev–Trinajstić information content (AvgIpc) is 2.23. The summed E-state index contributed by atoms with van der Waals surface area (Å²) in [7, 11) is 0. The predicted octanol–water partition coefficient (Wildman–Crippen LogP) is 2.43. The lowest BCUT2D eigenvalue weighted by Gasteiger charge is -1.97. The molecule has 1 aromatic carbocycles. The van der Waals surface area contributed by atoms with Gasteiger partial charge in [-0.15, -0.1) is 0 Å². The molecule has 0 heterocycles. The summed E-state index contributed by atoms with van der Waals surface area (Å²) in [6.45, 7) is 1.51. The van der Waals surface area contributed by atoms with Gasteiger partial charge in [0.25, 0.3) is 0 Å². The van der Waals surface area contributed by atoms with Gasteiger partial charge in [-0.25, -0.2) is 4.39 Å². The molecule has 0 spiro atoms. The monoisotopic (exact) mass is 237 g/mol. The van der Waals surface area contributed by atoms with Gasteiger partial charge in [-0.3, -0.25) is 4.79 Å². The third kappa shape index (κ3) is 3.95.